The fourth-order valence-electron chi connectivity index (χ4n) is 4.44. The van der Waals surface area contributed by atoms with Crippen molar-refractivity contribution in [2.75, 3.05) is 13.4 Å². The highest BCUT2D eigenvalue weighted by Gasteiger charge is 2.59. The maximum absolute atomic E-state index is 12.7. The number of fused-ring (bicyclic) bond motifs is 6. The second-order valence-electron chi connectivity index (χ2n) is 6.91. The van der Waals surface area contributed by atoms with Crippen LogP contribution in [-0.2, 0) is 9.59 Å². The van der Waals surface area contributed by atoms with Gasteiger partial charge >= 0.3 is 0 Å². The molecule has 7 heteroatoms. The van der Waals surface area contributed by atoms with E-state index in [9.17, 15) is 9.59 Å². The highest BCUT2D eigenvalue weighted by atomic mass is 16.7. The second kappa shape index (κ2) is 5.59. The van der Waals surface area contributed by atoms with E-state index in [4.69, 9.17) is 14.2 Å². The molecule has 26 heavy (non-hydrogen) atoms. The summed E-state index contributed by atoms with van der Waals surface area (Å²) in [5, 5.41) is 5.24. The molecule has 2 aliphatic heterocycles. The Morgan fingerprint density at radius 3 is 2.46 bits per heavy atom. The number of hydrogen-bond donors (Lipinski definition) is 0. The lowest BCUT2D eigenvalue weighted by atomic mass is 9.85. The number of carbonyl (C=O) groups excluding carboxylic acids is 2. The van der Waals surface area contributed by atoms with Crippen molar-refractivity contribution in [2.45, 2.75) is 13.3 Å². The van der Waals surface area contributed by atoms with Gasteiger partial charge in [0.25, 0.3) is 11.8 Å². The van der Waals surface area contributed by atoms with E-state index >= 15 is 0 Å². The summed E-state index contributed by atoms with van der Waals surface area (Å²) >= 11 is 0. The molecular weight excluding hydrogens is 336 g/mol. The molecule has 1 aromatic rings. The molecule has 0 aromatic heterocycles. The quantitative estimate of drug-likeness (QED) is 0.469. The number of amides is 2. The van der Waals surface area contributed by atoms with Crippen molar-refractivity contribution in [1.82, 2.24) is 5.01 Å². The molecule has 2 heterocycles. The van der Waals surface area contributed by atoms with Crippen LogP contribution in [0.3, 0.4) is 0 Å². The van der Waals surface area contributed by atoms with Crippen molar-refractivity contribution in [2.24, 2.45) is 28.8 Å². The van der Waals surface area contributed by atoms with Crippen LogP contribution in [0.1, 0.15) is 18.9 Å². The molecule has 0 N–H and O–H groups in total. The lowest BCUT2D eigenvalue weighted by Gasteiger charge is -2.13. The highest BCUT2D eigenvalue weighted by molar-refractivity contribution is 6.07. The van der Waals surface area contributed by atoms with Crippen LogP contribution in [0, 0.1) is 23.7 Å². The van der Waals surface area contributed by atoms with E-state index in [2.05, 4.69) is 17.3 Å². The zero-order valence-electron chi connectivity index (χ0n) is 14.3. The van der Waals surface area contributed by atoms with Crippen molar-refractivity contribution < 1.29 is 23.8 Å². The monoisotopic (exact) mass is 354 g/mol. The lowest BCUT2D eigenvalue weighted by Crippen LogP contribution is -2.28. The number of benzene rings is 1. The number of ether oxygens (including phenoxy) is 3. The van der Waals surface area contributed by atoms with Crippen LogP contribution >= 0.6 is 0 Å². The van der Waals surface area contributed by atoms with Crippen molar-refractivity contribution in [3.63, 3.8) is 0 Å². The van der Waals surface area contributed by atoms with Gasteiger partial charge in [0.1, 0.15) is 5.75 Å². The summed E-state index contributed by atoms with van der Waals surface area (Å²) in [4.78, 5) is 25.4. The van der Waals surface area contributed by atoms with Gasteiger partial charge in [-0.05, 0) is 31.2 Å². The predicted molar refractivity (Wildman–Crippen MR) is 90.9 cm³/mol. The minimum Gasteiger partial charge on any atom is -0.493 e. The standard InChI is InChI=1S/C19H18N2O5/c1-2-24-13-7-15-14(25-9-26-15)6-12(13)8-20-21-18(22)16-10-3-4-11(5-10)17(16)19(21)23/h3-4,6-8,10-11,16-17H,2,5,9H2,1H3. The second-order valence-corrected chi connectivity index (χ2v) is 6.91. The van der Waals surface area contributed by atoms with E-state index in [1.807, 2.05) is 6.92 Å². The van der Waals surface area contributed by atoms with Gasteiger partial charge in [0.15, 0.2) is 11.5 Å². The Kier molecular flexibility index (Phi) is 3.32. The number of imide groups is 1. The third-order valence-corrected chi connectivity index (χ3v) is 5.56. The summed E-state index contributed by atoms with van der Waals surface area (Å²) in [6, 6.07) is 3.48. The molecule has 1 aromatic carbocycles. The molecule has 2 fully saturated rings. The molecule has 2 aliphatic carbocycles. The van der Waals surface area contributed by atoms with Gasteiger partial charge in [0, 0.05) is 11.6 Å². The lowest BCUT2D eigenvalue weighted by molar-refractivity contribution is -0.140. The fraction of sp³-hybridized carbons (Fsp3) is 0.421. The zero-order valence-corrected chi connectivity index (χ0v) is 14.3. The highest BCUT2D eigenvalue weighted by Crippen LogP contribution is 2.52. The number of carbonyl (C=O) groups is 2. The van der Waals surface area contributed by atoms with Gasteiger partial charge in [0.2, 0.25) is 6.79 Å². The van der Waals surface area contributed by atoms with Crippen molar-refractivity contribution in [3.8, 4) is 17.2 Å². The van der Waals surface area contributed by atoms with E-state index < -0.39 is 0 Å². The fourth-order valence-corrected chi connectivity index (χ4v) is 4.44. The average Bonchev–Trinajstić information content (AvgIpc) is 3.39. The largest absolute Gasteiger partial charge is 0.493 e. The third-order valence-electron chi connectivity index (χ3n) is 5.56. The Morgan fingerprint density at radius 2 is 1.81 bits per heavy atom. The van der Waals surface area contributed by atoms with Crippen LogP contribution in [0.25, 0.3) is 0 Å². The molecule has 2 bridgehead atoms. The first-order valence-electron chi connectivity index (χ1n) is 8.84. The number of nitrogens with zero attached hydrogens (tertiary/aromatic N) is 2. The Morgan fingerprint density at radius 1 is 1.15 bits per heavy atom. The van der Waals surface area contributed by atoms with E-state index in [0.717, 1.165) is 11.4 Å². The molecule has 134 valence electrons. The molecule has 4 aliphatic rings. The van der Waals surface area contributed by atoms with E-state index in [0.29, 0.717) is 29.4 Å². The SMILES string of the molecule is CCOc1cc2c(cc1C=NN1C(=O)C3C4C=CC(C4)C3C1=O)OCO2. The first kappa shape index (κ1) is 15.4. The molecule has 7 nitrogen and oxygen atoms in total. The maximum Gasteiger partial charge on any atom is 0.254 e. The van der Waals surface area contributed by atoms with Gasteiger partial charge in [0.05, 0.1) is 24.7 Å². The van der Waals surface area contributed by atoms with Crippen LogP contribution in [0.2, 0.25) is 0 Å². The first-order valence-corrected chi connectivity index (χ1v) is 8.84. The smallest absolute Gasteiger partial charge is 0.254 e. The summed E-state index contributed by atoms with van der Waals surface area (Å²) < 4.78 is 16.4. The molecule has 4 atom stereocenters. The van der Waals surface area contributed by atoms with Crippen molar-refractivity contribution >= 4 is 18.0 Å². The van der Waals surface area contributed by atoms with Crippen molar-refractivity contribution in [3.05, 3.63) is 29.8 Å². The first-order chi connectivity index (χ1) is 12.7. The van der Waals surface area contributed by atoms with E-state index in [-0.39, 0.29) is 42.3 Å². The van der Waals surface area contributed by atoms with Gasteiger partial charge in [-0.3, -0.25) is 9.59 Å². The van der Waals surface area contributed by atoms with Crippen LogP contribution in [0.5, 0.6) is 17.2 Å². The van der Waals surface area contributed by atoms with Crippen LogP contribution in [0.4, 0.5) is 0 Å². The molecule has 4 unspecified atom stereocenters. The Labute approximate surface area is 150 Å². The molecule has 5 rings (SSSR count). The van der Waals surface area contributed by atoms with Gasteiger partial charge in [-0.1, -0.05) is 12.2 Å². The minimum atomic E-state index is -0.252. The normalized spacial score (nSPS) is 30.7. The molecule has 1 saturated heterocycles. The number of allylic oxidation sites excluding steroid dienone is 2. The minimum absolute atomic E-state index is 0.156. The van der Waals surface area contributed by atoms with Gasteiger partial charge in [-0.15, -0.1) is 0 Å². The molecule has 2 amide bonds. The summed E-state index contributed by atoms with van der Waals surface area (Å²) in [6.45, 7) is 2.51. The Balaban J connectivity index is 1.44. The van der Waals surface area contributed by atoms with Crippen LogP contribution in [0.15, 0.2) is 29.4 Å². The maximum atomic E-state index is 12.7. The number of rotatable bonds is 4. The number of hydrogen-bond acceptors (Lipinski definition) is 6. The van der Waals surface area contributed by atoms with Gasteiger partial charge in [-0.25, -0.2) is 0 Å². The summed E-state index contributed by atoms with van der Waals surface area (Å²) in [6.07, 6.45) is 6.52. The Bertz CT molecular complexity index is 832. The molecule has 0 spiro atoms. The van der Waals surface area contributed by atoms with Crippen molar-refractivity contribution in [1.29, 1.82) is 0 Å². The van der Waals surface area contributed by atoms with Gasteiger partial charge in [-0.2, -0.15) is 10.1 Å². The third kappa shape index (κ3) is 2.09. The summed E-state index contributed by atoms with van der Waals surface area (Å²) in [5.74, 6) is 1.21. The number of hydrazone groups is 1. The summed E-state index contributed by atoms with van der Waals surface area (Å²) in [5.41, 5.74) is 0.634. The van der Waals surface area contributed by atoms with E-state index in [1.165, 1.54) is 6.21 Å². The molecule has 1 saturated carbocycles. The van der Waals surface area contributed by atoms with Gasteiger partial charge < -0.3 is 14.2 Å². The van der Waals surface area contributed by atoms with Crippen LogP contribution in [-0.4, -0.2) is 36.4 Å². The topological polar surface area (TPSA) is 77.4 Å². The molecule has 0 radical (unpaired) electrons. The average molecular weight is 354 g/mol. The predicted octanol–water partition coefficient (Wildman–Crippen LogP) is 1.95. The Hall–Kier alpha value is -2.83. The van der Waals surface area contributed by atoms with E-state index in [1.54, 1.807) is 12.1 Å². The molecular formula is C19H18N2O5. The van der Waals surface area contributed by atoms with Crippen LogP contribution < -0.4 is 14.2 Å². The zero-order chi connectivity index (χ0) is 17.8. The summed E-state index contributed by atoms with van der Waals surface area (Å²) in [7, 11) is 0.